The van der Waals surface area contributed by atoms with E-state index in [2.05, 4.69) is 25.9 Å². The maximum atomic E-state index is 11.1. The van der Waals surface area contributed by atoms with Crippen molar-refractivity contribution in [1.29, 1.82) is 0 Å². The van der Waals surface area contributed by atoms with Crippen LogP contribution in [0.1, 0.15) is 30.7 Å². The molecule has 2 rings (SSSR count). The Morgan fingerprint density at radius 3 is 2.89 bits per heavy atom. The van der Waals surface area contributed by atoms with Crippen LogP contribution in [-0.4, -0.2) is 21.0 Å². The minimum Gasteiger partial charge on any atom is -0.481 e. The molecule has 1 aromatic heterocycles. The van der Waals surface area contributed by atoms with Crippen molar-refractivity contribution in [3.8, 4) is 11.3 Å². The molecule has 0 radical (unpaired) electrons. The largest absolute Gasteiger partial charge is 0.481 e. The topological polar surface area (TPSA) is 66.0 Å². The van der Waals surface area contributed by atoms with Crippen molar-refractivity contribution in [3.05, 3.63) is 40.3 Å². The Hall–Kier alpha value is -1.62. The second-order valence-corrected chi connectivity index (χ2v) is 5.36. The van der Waals surface area contributed by atoms with Gasteiger partial charge in [0.1, 0.15) is 11.7 Å². The normalized spacial score (nSPS) is 12.4. The smallest absolute Gasteiger partial charge is 0.314 e. The molecule has 1 unspecified atom stereocenters. The highest BCUT2D eigenvalue weighted by atomic mass is 79.9. The molecule has 1 atom stereocenters. The van der Waals surface area contributed by atoms with Gasteiger partial charge < -0.3 is 10.1 Å². The van der Waals surface area contributed by atoms with Crippen molar-refractivity contribution < 1.29 is 9.90 Å². The number of aromatic nitrogens is 2. The molecule has 100 valence electrons. The van der Waals surface area contributed by atoms with E-state index < -0.39 is 11.9 Å². The number of H-pyrrole nitrogens is 1. The number of rotatable bonds is 4. The van der Waals surface area contributed by atoms with Crippen LogP contribution in [-0.2, 0) is 4.79 Å². The van der Waals surface area contributed by atoms with E-state index >= 15 is 0 Å². The third-order valence-corrected chi connectivity index (χ3v) is 3.61. The first kappa shape index (κ1) is 13.8. The number of nitrogens with one attached hydrogen (secondary N) is 1. The van der Waals surface area contributed by atoms with E-state index in [0.29, 0.717) is 12.2 Å². The summed E-state index contributed by atoms with van der Waals surface area (Å²) in [5.74, 6) is -0.931. The number of imidazole rings is 1. The van der Waals surface area contributed by atoms with Crippen molar-refractivity contribution in [3.63, 3.8) is 0 Å². The van der Waals surface area contributed by atoms with Crippen molar-refractivity contribution in [2.24, 2.45) is 0 Å². The fourth-order valence-electron chi connectivity index (χ4n) is 2.02. The SMILES string of the molecule is CCC(C(=O)O)c1ncc(-c2cc(Br)ccc2C)[nH]1. The summed E-state index contributed by atoms with van der Waals surface area (Å²) in [7, 11) is 0. The summed E-state index contributed by atoms with van der Waals surface area (Å²) in [4.78, 5) is 18.5. The van der Waals surface area contributed by atoms with E-state index in [4.69, 9.17) is 5.11 Å². The van der Waals surface area contributed by atoms with Gasteiger partial charge in [-0.15, -0.1) is 0 Å². The minimum absolute atomic E-state index is 0.504. The van der Waals surface area contributed by atoms with Gasteiger partial charge in [-0.25, -0.2) is 4.98 Å². The Kier molecular flexibility index (Phi) is 4.04. The van der Waals surface area contributed by atoms with E-state index in [1.165, 1.54) is 0 Å². The lowest BCUT2D eigenvalue weighted by Crippen LogP contribution is -2.11. The maximum absolute atomic E-state index is 11.1. The highest BCUT2D eigenvalue weighted by Crippen LogP contribution is 2.27. The number of aliphatic carboxylic acids is 1. The lowest BCUT2D eigenvalue weighted by molar-refractivity contribution is -0.139. The zero-order chi connectivity index (χ0) is 14.0. The van der Waals surface area contributed by atoms with E-state index in [1.807, 2.05) is 32.0 Å². The lowest BCUT2D eigenvalue weighted by Gasteiger charge is -2.06. The lowest BCUT2D eigenvalue weighted by atomic mass is 10.1. The number of carbonyl (C=O) groups is 1. The molecule has 1 aromatic carbocycles. The Balaban J connectivity index is 2.40. The molecule has 5 heteroatoms. The molecule has 0 saturated heterocycles. The van der Waals surface area contributed by atoms with E-state index in [-0.39, 0.29) is 0 Å². The Morgan fingerprint density at radius 1 is 1.53 bits per heavy atom. The van der Waals surface area contributed by atoms with Crippen LogP contribution in [0.25, 0.3) is 11.3 Å². The van der Waals surface area contributed by atoms with E-state index in [1.54, 1.807) is 6.20 Å². The monoisotopic (exact) mass is 322 g/mol. The second kappa shape index (κ2) is 5.57. The fraction of sp³-hybridized carbons (Fsp3) is 0.286. The number of aromatic amines is 1. The third kappa shape index (κ3) is 2.87. The summed E-state index contributed by atoms with van der Waals surface area (Å²) in [5.41, 5.74) is 2.98. The molecule has 19 heavy (non-hydrogen) atoms. The Bertz CT molecular complexity index is 607. The number of carboxylic acids is 1. The third-order valence-electron chi connectivity index (χ3n) is 3.12. The number of aryl methyl sites for hydroxylation is 1. The van der Waals surface area contributed by atoms with Crippen LogP contribution in [0.3, 0.4) is 0 Å². The first-order chi connectivity index (χ1) is 9.02. The van der Waals surface area contributed by atoms with Gasteiger partial charge in [0.2, 0.25) is 0 Å². The van der Waals surface area contributed by atoms with Crippen molar-refractivity contribution in [2.75, 3.05) is 0 Å². The molecule has 0 bridgehead atoms. The average Bonchev–Trinajstić information content (AvgIpc) is 2.82. The highest BCUT2D eigenvalue weighted by Gasteiger charge is 2.21. The molecule has 1 heterocycles. The van der Waals surface area contributed by atoms with Crippen LogP contribution in [0, 0.1) is 6.92 Å². The number of hydrogen-bond acceptors (Lipinski definition) is 2. The first-order valence-corrected chi connectivity index (χ1v) is 6.86. The van der Waals surface area contributed by atoms with Crippen LogP contribution in [0.2, 0.25) is 0 Å². The standard InChI is InChI=1S/C14H15BrN2O2/c1-3-10(14(18)19)13-16-7-12(17-13)11-6-9(15)5-4-8(11)2/h4-7,10H,3H2,1-2H3,(H,16,17)(H,18,19). The quantitative estimate of drug-likeness (QED) is 0.901. The number of halogens is 1. The molecular formula is C14H15BrN2O2. The van der Waals surface area contributed by atoms with Crippen LogP contribution < -0.4 is 0 Å². The molecule has 4 nitrogen and oxygen atoms in total. The molecule has 0 spiro atoms. The predicted octanol–water partition coefficient (Wildman–Crippen LogP) is 3.73. The maximum Gasteiger partial charge on any atom is 0.314 e. The summed E-state index contributed by atoms with van der Waals surface area (Å²) in [5, 5.41) is 9.14. The zero-order valence-corrected chi connectivity index (χ0v) is 12.4. The highest BCUT2D eigenvalue weighted by molar-refractivity contribution is 9.10. The first-order valence-electron chi connectivity index (χ1n) is 6.07. The summed E-state index contributed by atoms with van der Waals surface area (Å²) in [6.07, 6.45) is 2.20. The summed E-state index contributed by atoms with van der Waals surface area (Å²) in [6, 6.07) is 5.98. The molecule has 2 aromatic rings. The van der Waals surface area contributed by atoms with Gasteiger partial charge in [0.05, 0.1) is 11.9 Å². The summed E-state index contributed by atoms with van der Waals surface area (Å²) >= 11 is 3.44. The minimum atomic E-state index is -0.852. The van der Waals surface area contributed by atoms with Gasteiger partial charge >= 0.3 is 5.97 Å². The van der Waals surface area contributed by atoms with Crippen LogP contribution in [0.5, 0.6) is 0 Å². The summed E-state index contributed by atoms with van der Waals surface area (Å²) < 4.78 is 0.981. The van der Waals surface area contributed by atoms with Gasteiger partial charge in [0, 0.05) is 10.0 Å². The van der Waals surface area contributed by atoms with E-state index in [9.17, 15) is 4.79 Å². The van der Waals surface area contributed by atoms with Crippen molar-refractivity contribution in [1.82, 2.24) is 9.97 Å². The van der Waals surface area contributed by atoms with Crippen molar-refractivity contribution >= 4 is 21.9 Å². The van der Waals surface area contributed by atoms with Crippen LogP contribution in [0.15, 0.2) is 28.9 Å². The molecule has 0 saturated carbocycles. The number of carboxylic acid groups (broad SMARTS) is 1. The number of nitrogens with zero attached hydrogens (tertiary/aromatic N) is 1. The van der Waals surface area contributed by atoms with Crippen molar-refractivity contribution in [2.45, 2.75) is 26.2 Å². The second-order valence-electron chi connectivity index (χ2n) is 4.44. The Labute approximate surface area is 120 Å². The van der Waals surface area contributed by atoms with Gasteiger partial charge in [-0.2, -0.15) is 0 Å². The molecular weight excluding hydrogens is 308 g/mol. The average molecular weight is 323 g/mol. The molecule has 0 aliphatic carbocycles. The molecule has 0 amide bonds. The molecule has 0 aliphatic heterocycles. The van der Waals surface area contributed by atoms with Gasteiger partial charge in [-0.1, -0.05) is 28.9 Å². The van der Waals surface area contributed by atoms with Gasteiger partial charge in [-0.3, -0.25) is 4.79 Å². The molecule has 2 N–H and O–H groups in total. The predicted molar refractivity (Wildman–Crippen MR) is 77.1 cm³/mol. The number of benzene rings is 1. The van der Waals surface area contributed by atoms with Crippen LogP contribution in [0.4, 0.5) is 0 Å². The van der Waals surface area contributed by atoms with Gasteiger partial charge in [0.25, 0.3) is 0 Å². The van der Waals surface area contributed by atoms with Crippen LogP contribution >= 0.6 is 15.9 Å². The number of hydrogen-bond donors (Lipinski definition) is 2. The van der Waals surface area contributed by atoms with E-state index in [0.717, 1.165) is 21.3 Å². The van der Waals surface area contributed by atoms with Gasteiger partial charge in [0.15, 0.2) is 0 Å². The van der Waals surface area contributed by atoms with Gasteiger partial charge in [-0.05, 0) is 31.0 Å². The molecule has 0 fully saturated rings. The zero-order valence-electron chi connectivity index (χ0n) is 10.8. The molecule has 0 aliphatic rings. The fourth-order valence-corrected chi connectivity index (χ4v) is 2.38. The Morgan fingerprint density at radius 2 is 2.26 bits per heavy atom. The summed E-state index contributed by atoms with van der Waals surface area (Å²) in [6.45, 7) is 3.85.